The summed E-state index contributed by atoms with van der Waals surface area (Å²) in [6, 6.07) is 0. The highest BCUT2D eigenvalue weighted by atomic mass is 16.6. The first-order valence-corrected chi connectivity index (χ1v) is 30.2. The Morgan fingerprint density at radius 2 is 0.569 bits per heavy atom. The molecule has 1 unspecified atom stereocenters. The van der Waals surface area contributed by atoms with Crippen LogP contribution in [-0.4, -0.2) is 37.2 Å². The second kappa shape index (κ2) is 59.9. The van der Waals surface area contributed by atoms with Gasteiger partial charge in [0.15, 0.2) is 6.10 Å². The van der Waals surface area contributed by atoms with Crippen LogP contribution < -0.4 is 0 Å². The molecule has 0 fully saturated rings. The largest absolute Gasteiger partial charge is 0.462 e. The van der Waals surface area contributed by atoms with E-state index >= 15 is 0 Å². The van der Waals surface area contributed by atoms with Crippen molar-refractivity contribution in [2.24, 2.45) is 0 Å². The monoisotopic (exact) mass is 1000 g/mol. The fourth-order valence-electron chi connectivity index (χ4n) is 8.27. The average Bonchev–Trinajstić information content (AvgIpc) is 3.38. The van der Waals surface area contributed by atoms with E-state index in [9.17, 15) is 14.4 Å². The lowest BCUT2D eigenvalue weighted by atomic mass is 10.1. The van der Waals surface area contributed by atoms with Crippen molar-refractivity contribution in [1.82, 2.24) is 0 Å². The third kappa shape index (κ3) is 57.2. The summed E-state index contributed by atoms with van der Waals surface area (Å²) in [7, 11) is 0. The number of unbranched alkanes of at least 4 members (excludes halogenated alkanes) is 27. The zero-order valence-electron chi connectivity index (χ0n) is 47.2. The SMILES string of the molecule is CC/C=C\C/C=C\C/C=C\C/C=C\CCCCCCCCCCCCC(=O)OCC(COC(=O)CCCCCCC/C=C\C/C=C\CCC)OC(=O)CCCCCCCCC/C=C\C/C=C\CCCCCC. The Morgan fingerprint density at radius 1 is 0.292 bits per heavy atom. The molecule has 0 N–H and O–H groups in total. The van der Waals surface area contributed by atoms with E-state index in [2.05, 4.69) is 118 Å². The molecule has 0 saturated heterocycles. The van der Waals surface area contributed by atoms with Gasteiger partial charge in [-0.3, -0.25) is 14.4 Å². The molecule has 0 aliphatic heterocycles. The molecule has 0 amide bonds. The number of hydrogen-bond acceptors (Lipinski definition) is 6. The number of rotatable bonds is 54. The van der Waals surface area contributed by atoms with Crippen molar-refractivity contribution in [3.63, 3.8) is 0 Å². The number of hydrogen-bond donors (Lipinski definition) is 0. The average molecular weight is 1000 g/mol. The van der Waals surface area contributed by atoms with Crippen LogP contribution in [0.15, 0.2) is 97.2 Å². The Labute approximate surface area is 445 Å². The van der Waals surface area contributed by atoms with E-state index < -0.39 is 6.10 Å². The molecular weight excluding hydrogens is 889 g/mol. The summed E-state index contributed by atoms with van der Waals surface area (Å²) < 4.78 is 16.9. The lowest BCUT2D eigenvalue weighted by Crippen LogP contribution is -2.30. The molecule has 72 heavy (non-hydrogen) atoms. The Bertz CT molecular complexity index is 1430. The predicted molar refractivity (Wildman–Crippen MR) is 311 cm³/mol. The van der Waals surface area contributed by atoms with Crippen LogP contribution in [0.2, 0.25) is 0 Å². The highest BCUT2D eigenvalue weighted by Gasteiger charge is 2.19. The molecule has 0 radical (unpaired) electrons. The summed E-state index contributed by atoms with van der Waals surface area (Å²) in [5.74, 6) is -0.908. The summed E-state index contributed by atoms with van der Waals surface area (Å²) in [4.78, 5) is 38.2. The van der Waals surface area contributed by atoms with Gasteiger partial charge in [-0.25, -0.2) is 0 Å². The smallest absolute Gasteiger partial charge is 0.306 e. The van der Waals surface area contributed by atoms with E-state index in [1.807, 2.05) is 0 Å². The Kier molecular flexibility index (Phi) is 56.8. The van der Waals surface area contributed by atoms with Crippen LogP contribution in [0.1, 0.15) is 284 Å². The van der Waals surface area contributed by atoms with Crippen molar-refractivity contribution in [1.29, 1.82) is 0 Å². The van der Waals surface area contributed by atoms with E-state index in [4.69, 9.17) is 14.2 Å². The molecule has 0 aromatic heterocycles. The van der Waals surface area contributed by atoms with Crippen LogP contribution in [0.5, 0.6) is 0 Å². The summed E-state index contributed by atoms with van der Waals surface area (Å²) in [5, 5.41) is 0. The minimum atomic E-state index is -0.791. The molecule has 0 rings (SSSR count). The summed E-state index contributed by atoms with van der Waals surface area (Å²) in [6.45, 7) is 6.44. The number of carbonyl (C=O) groups excluding carboxylic acids is 3. The van der Waals surface area contributed by atoms with E-state index in [1.54, 1.807) is 0 Å². The van der Waals surface area contributed by atoms with Gasteiger partial charge in [-0.05, 0) is 116 Å². The molecule has 0 heterocycles. The molecule has 0 aliphatic carbocycles. The zero-order chi connectivity index (χ0) is 52.2. The highest BCUT2D eigenvalue weighted by Crippen LogP contribution is 2.15. The van der Waals surface area contributed by atoms with E-state index in [1.165, 1.54) is 116 Å². The molecule has 0 aliphatic rings. The number of ether oxygens (including phenoxy) is 3. The summed E-state index contributed by atoms with van der Waals surface area (Å²) in [5.41, 5.74) is 0. The molecule has 1 atom stereocenters. The summed E-state index contributed by atoms with van der Waals surface area (Å²) >= 11 is 0. The fraction of sp³-hybridized carbons (Fsp3) is 0.712. The third-order valence-corrected chi connectivity index (χ3v) is 12.8. The molecule has 0 saturated carbocycles. The third-order valence-electron chi connectivity index (χ3n) is 12.8. The van der Waals surface area contributed by atoms with Gasteiger partial charge in [0.2, 0.25) is 0 Å². The van der Waals surface area contributed by atoms with E-state index in [0.29, 0.717) is 19.3 Å². The maximum absolute atomic E-state index is 12.9. The first-order valence-electron chi connectivity index (χ1n) is 30.2. The maximum atomic E-state index is 12.9. The van der Waals surface area contributed by atoms with Crippen molar-refractivity contribution in [3.8, 4) is 0 Å². The fourth-order valence-corrected chi connectivity index (χ4v) is 8.27. The van der Waals surface area contributed by atoms with Gasteiger partial charge in [0.05, 0.1) is 0 Å². The Hall–Kier alpha value is -3.67. The highest BCUT2D eigenvalue weighted by molar-refractivity contribution is 5.71. The normalized spacial score (nSPS) is 12.8. The Balaban J connectivity index is 4.36. The first-order chi connectivity index (χ1) is 35.5. The minimum absolute atomic E-state index is 0.0875. The number of esters is 3. The van der Waals surface area contributed by atoms with Crippen LogP contribution in [-0.2, 0) is 28.6 Å². The topological polar surface area (TPSA) is 78.9 Å². The molecule has 412 valence electrons. The summed E-state index contributed by atoms with van der Waals surface area (Å²) in [6.07, 6.45) is 79.7. The lowest BCUT2D eigenvalue weighted by Gasteiger charge is -2.18. The van der Waals surface area contributed by atoms with Gasteiger partial charge in [0, 0.05) is 19.3 Å². The molecular formula is C66H112O6. The minimum Gasteiger partial charge on any atom is -0.462 e. The predicted octanol–water partition coefficient (Wildman–Crippen LogP) is 20.5. The second-order valence-corrected chi connectivity index (χ2v) is 19.9. The van der Waals surface area contributed by atoms with Gasteiger partial charge < -0.3 is 14.2 Å². The quantitative estimate of drug-likeness (QED) is 0.0261. The molecule has 0 bridgehead atoms. The molecule has 0 aromatic carbocycles. The van der Waals surface area contributed by atoms with Gasteiger partial charge in [-0.15, -0.1) is 0 Å². The van der Waals surface area contributed by atoms with E-state index in [-0.39, 0.29) is 31.1 Å². The molecule has 6 nitrogen and oxygen atoms in total. The molecule has 0 aromatic rings. The second-order valence-electron chi connectivity index (χ2n) is 19.9. The molecule has 6 heteroatoms. The van der Waals surface area contributed by atoms with Crippen LogP contribution in [0, 0.1) is 0 Å². The zero-order valence-corrected chi connectivity index (χ0v) is 47.2. The van der Waals surface area contributed by atoms with Crippen molar-refractivity contribution >= 4 is 17.9 Å². The van der Waals surface area contributed by atoms with Crippen LogP contribution in [0.4, 0.5) is 0 Å². The number of carbonyl (C=O) groups is 3. The van der Waals surface area contributed by atoms with E-state index in [0.717, 1.165) is 128 Å². The van der Waals surface area contributed by atoms with Gasteiger partial charge in [0.25, 0.3) is 0 Å². The standard InChI is InChI=1S/C66H112O6/c1-4-7-10-13-16-19-22-25-27-29-31-32-33-34-35-37-38-41-44-47-50-53-56-59-65(68)71-62-63(61-70-64(67)58-55-52-49-46-43-40-24-21-18-15-12-9-6-3)72-66(69)60-57-54-51-48-45-42-39-36-30-28-26-23-20-17-14-11-8-5-2/h7,10,12,15-16,19-21,23-25,27-28,30-32,63H,4-6,8-9,11,13-14,17-18,22,26,29,33-62H2,1-3H3/b10-7-,15-12-,19-16-,23-20-,24-21-,27-25-,30-28-,32-31-. The first kappa shape index (κ1) is 68.3. The maximum Gasteiger partial charge on any atom is 0.306 e. The number of allylic oxidation sites excluding steroid dienone is 16. The van der Waals surface area contributed by atoms with Crippen molar-refractivity contribution in [3.05, 3.63) is 97.2 Å². The Morgan fingerprint density at radius 3 is 0.903 bits per heavy atom. The van der Waals surface area contributed by atoms with Crippen molar-refractivity contribution in [2.75, 3.05) is 13.2 Å². The van der Waals surface area contributed by atoms with Gasteiger partial charge >= 0.3 is 17.9 Å². The van der Waals surface area contributed by atoms with Gasteiger partial charge in [-0.1, -0.05) is 246 Å². The molecule has 0 spiro atoms. The van der Waals surface area contributed by atoms with Crippen LogP contribution in [0.3, 0.4) is 0 Å². The lowest BCUT2D eigenvalue weighted by molar-refractivity contribution is -0.167. The van der Waals surface area contributed by atoms with Gasteiger partial charge in [-0.2, -0.15) is 0 Å². The van der Waals surface area contributed by atoms with Gasteiger partial charge in [0.1, 0.15) is 13.2 Å². The van der Waals surface area contributed by atoms with Crippen LogP contribution in [0.25, 0.3) is 0 Å². The van der Waals surface area contributed by atoms with Crippen molar-refractivity contribution in [2.45, 2.75) is 290 Å². The van der Waals surface area contributed by atoms with Crippen LogP contribution >= 0.6 is 0 Å². The van der Waals surface area contributed by atoms with Crippen molar-refractivity contribution < 1.29 is 28.6 Å².